The summed E-state index contributed by atoms with van der Waals surface area (Å²) in [6, 6.07) is 12.0. The Morgan fingerprint density at radius 3 is 2.21 bits per heavy atom. The maximum atomic E-state index is 12.1. The first-order chi connectivity index (χ1) is 13.6. The first kappa shape index (κ1) is 21.8. The molecule has 0 aromatic heterocycles. The molecule has 0 radical (unpaired) electrons. The predicted molar refractivity (Wildman–Crippen MR) is 103 cm³/mol. The SMILES string of the molecule is CN(C)c1ccc(NC(=O)COC(=O)/C=C/c2ccc(OC(F)(F)F)cc2)cc1. The highest BCUT2D eigenvalue weighted by molar-refractivity contribution is 5.94. The molecular formula is C20H19F3N2O4. The molecular weight excluding hydrogens is 389 g/mol. The zero-order valence-corrected chi connectivity index (χ0v) is 15.7. The Balaban J connectivity index is 1.79. The van der Waals surface area contributed by atoms with Crippen molar-refractivity contribution in [1.82, 2.24) is 0 Å². The van der Waals surface area contributed by atoms with E-state index in [0.29, 0.717) is 11.3 Å². The summed E-state index contributed by atoms with van der Waals surface area (Å²) in [6.07, 6.45) is -2.35. The van der Waals surface area contributed by atoms with Crippen LogP contribution in [-0.2, 0) is 14.3 Å². The number of rotatable bonds is 7. The van der Waals surface area contributed by atoms with E-state index >= 15 is 0 Å². The summed E-state index contributed by atoms with van der Waals surface area (Å²) >= 11 is 0. The van der Waals surface area contributed by atoms with Crippen LogP contribution in [0.15, 0.2) is 54.6 Å². The number of carbonyl (C=O) groups excluding carboxylic acids is 2. The summed E-state index contributed by atoms with van der Waals surface area (Å²) in [4.78, 5) is 25.4. The van der Waals surface area contributed by atoms with Crippen LogP contribution in [0.1, 0.15) is 5.56 Å². The van der Waals surface area contributed by atoms with Crippen molar-refractivity contribution in [3.05, 3.63) is 60.2 Å². The standard InChI is InChI=1S/C20H19F3N2O4/c1-25(2)16-8-6-15(7-9-16)24-18(26)13-28-19(27)12-5-14-3-10-17(11-4-14)29-20(21,22)23/h3-12H,13H2,1-2H3,(H,24,26)/b12-5+. The molecule has 0 unspecified atom stereocenters. The van der Waals surface area contributed by atoms with Gasteiger partial charge >= 0.3 is 12.3 Å². The van der Waals surface area contributed by atoms with Crippen LogP contribution >= 0.6 is 0 Å². The lowest BCUT2D eigenvalue weighted by Gasteiger charge is -2.13. The van der Waals surface area contributed by atoms with Crippen LogP contribution in [-0.4, -0.2) is 38.9 Å². The number of hydrogen-bond acceptors (Lipinski definition) is 5. The van der Waals surface area contributed by atoms with Gasteiger partial charge in [-0.15, -0.1) is 13.2 Å². The Labute approximate surface area is 165 Å². The highest BCUT2D eigenvalue weighted by atomic mass is 19.4. The van der Waals surface area contributed by atoms with E-state index < -0.39 is 24.8 Å². The van der Waals surface area contributed by atoms with Crippen LogP contribution in [0.5, 0.6) is 5.75 Å². The van der Waals surface area contributed by atoms with E-state index in [9.17, 15) is 22.8 Å². The number of ether oxygens (including phenoxy) is 2. The third-order valence-corrected chi connectivity index (χ3v) is 3.54. The molecule has 0 spiro atoms. The fourth-order valence-corrected chi connectivity index (χ4v) is 2.17. The van der Waals surface area contributed by atoms with Crippen molar-refractivity contribution in [2.45, 2.75) is 6.36 Å². The first-order valence-corrected chi connectivity index (χ1v) is 8.40. The lowest BCUT2D eigenvalue weighted by molar-refractivity contribution is -0.274. The second-order valence-corrected chi connectivity index (χ2v) is 6.05. The van der Waals surface area contributed by atoms with Crippen molar-refractivity contribution in [2.24, 2.45) is 0 Å². The third kappa shape index (κ3) is 7.96. The third-order valence-electron chi connectivity index (χ3n) is 3.54. The van der Waals surface area contributed by atoms with Gasteiger partial charge in [0.15, 0.2) is 6.61 Å². The number of anilines is 2. The van der Waals surface area contributed by atoms with Gasteiger partial charge in [-0.3, -0.25) is 4.79 Å². The molecule has 0 heterocycles. The smallest absolute Gasteiger partial charge is 0.452 e. The quantitative estimate of drug-likeness (QED) is 0.557. The number of hydrogen-bond donors (Lipinski definition) is 1. The molecule has 29 heavy (non-hydrogen) atoms. The number of benzene rings is 2. The Hall–Kier alpha value is -3.49. The van der Waals surface area contributed by atoms with Gasteiger partial charge in [-0.2, -0.15) is 0 Å². The Morgan fingerprint density at radius 2 is 1.66 bits per heavy atom. The van der Waals surface area contributed by atoms with Crippen molar-refractivity contribution in [1.29, 1.82) is 0 Å². The average molecular weight is 408 g/mol. The molecule has 0 bridgehead atoms. The summed E-state index contributed by atoms with van der Waals surface area (Å²) in [5, 5.41) is 2.60. The van der Waals surface area contributed by atoms with Crippen LogP contribution in [0.2, 0.25) is 0 Å². The van der Waals surface area contributed by atoms with Gasteiger partial charge in [-0.05, 0) is 48.0 Å². The van der Waals surface area contributed by atoms with Gasteiger partial charge < -0.3 is 19.7 Å². The fourth-order valence-electron chi connectivity index (χ4n) is 2.17. The number of esters is 1. The Kier molecular flexibility index (Phi) is 7.24. The second-order valence-electron chi connectivity index (χ2n) is 6.05. The number of amides is 1. The molecule has 2 aromatic rings. The fraction of sp³-hybridized carbons (Fsp3) is 0.200. The van der Waals surface area contributed by atoms with Crippen LogP contribution < -0.4 is 15.0 Å². The average Bonchev–Trinajstić information content (AvgIpc) is 2.65. The van der Waals surface area contributed by atoms with Crippen LogP contribution in [0.3, 0.4) is 0 Å². The Bertz CT molecular complexity index is 861. The number of nitrogens with zero attached hydrogens (tertiary/aromatic N) is 1. The molecule has 0 aliphatic rings. The normalized spacial score (nSPS) is 11.2. The van der Waals surface area contributed by atoms with Crippen LogP contribution in [0.4, 0.5) is 24.5 Å². The minimum Gasteiger partial charge on any atom is -0.452 e. The van der Waals surface area contributed by atoms with Crippen LogP contribution in [0, 0.1) is 0 Å². The maximum Gasteiger partial charge on any atom is 0.573 e. The minimum atomic E-state index is -4.77. The molecule has 0 saturated heterocycles. The van der Waals surface area contributed by atoms with E-state index in [2.05, 4.69) is 10.1 Å². The van der Waals surface area contributed by atoms with E-state index in [1.54, 1.807) is 12.1 Å². The maximum absolute atomic E-state index is 12.1. The molecule has 2 aromatic carbocycles. The molecule has 9 heteroatoms. The van der Waals surface area contributed by atoms with Gasteiger partial charge in [-0.1, -0.05) is 12.1 Å². The number of nitrogens with one attached hydrogen (secondary N) is 1. The minimum absolute atomic E-state index is 0.368. The highest BCUT2D eigenvalue weighted by Crippen LogP contribution is 2.23. The number of halogens is 3. The lowest BCUT2D eigenvalue weighted by atomic mass is 10.2. The van der Waals surface area contributed by atoms with Gasteiger partial charge in [0.25, 0.3) is 5.91 Å². The zero-order chi connectivity index (χ0) is 21.4. The largest absolute Gasteiger partial charge is 0.573 e. The molecule has 0 saturated carbocycles. The van der Waals surface area contributed by atoms with Crippen molar-refractivity contribution >= 4 is 29.3 Å². The van der Waals surface area contributed by atoms with E-state index in [0.717, 1.165) is 23.9 Å². The van der Waals surface area contributed by atoms with Gasteiger partial charge in [0, 0.05) is 31.5 Å². The summed E-state index contributed by atoms with van der Waals surface area (Å²) in [5.41, 5.74) is 1.99. The van der Waals surface area contributed by atoms with E-state index in [1.807, 2.05) is 31.1 Å². The lowest BCUT2D eigenvalue weighted by Crippen LogP contribution is -2.20. The van der Waals surface area contributed by atoms with Gasteiger partial charge in [0.2, 0.25) is 0 Å². The topological polar surface area (TPSA) is 67.9 Å². The number of alkyl halides is 3. The molecule has 0 fully saturated rings. The van der Waals surface area contributed by atoms with E-state index in [4.69, 9.17) is 4.74 Å². The van der Waals surface area contributed by atoms with Crippen molar-refractivity contribution in [3.8, 4) is 5.75 Å². The van der Waals surface area contributed by atoms with Crippen LogP contribution in [0.25, 0.3) is 6.08 Å². The molecule has 1 amide bonds. The summed E-state index contributed by atoms with van der Waals surface area (Å²) in [6.45, 7) is -0.475. The predicted octanol–water partition coefficient (Wildman–Crippen LogP) is 3.85. The molecule has 2 rings (SSSR count). The molecule has 1 N–H and O–H groups in total. The van der Waals surface area contributed by atoms with Gasteiger partial charge in [0.05, 0.1) is 0 Å². The molecule has 154 valence electrons. The molecule has 0 atom stereocenters. The van der Waals surface area contributed by atoms with Gasteiger partial charge in [-0.25, -0.2) is 4.79 Å². The highest BCUT2D eigenvalue weighted by Gasteiger charge is 2.30. The van der Waals surface area contributed by atoms with Crippen molar-refractivity contribution < 1.29 is 32.2 Å². The number of carbonyl (C=O) groups is 2. The summed E-state index contributed by atoms with van der Waals surface area (Å²) in [5.74, 6) is -1.63. The molecule has 0 aliphatic carbocycles. The van der Waals surface area contributed by atoms with Crippen molar-refractivity contribution in [3.63, 3.8) is 0 Å². The molecule has 6 nitrogen and oxygen atoms in total. The first-order valence-electron chi connectivity index (χ1n) is 8.40. The van der Waals surface area contributed by atoms with E-state index in [1.165, 1.54) is 18.2 Å². The Morgan fingerprint density at radius 1 is 1.03 bits per heavy atom. The zero-order valence-electron chi connectivity index (χ0n) is 15.7. The van der Waals surface area contributed by atoms with Gasteiger partial charge in [0.1, 0.15) is 5.75 Å². The molecule has 0 aliphatic heterocycles. The summed E-state index contributed by atoms with van der Waals surface area (Å²) < 4.78 is 44.9. The van der Waals surface area contributed by atoms with Crippen molar-refractivity contribution in [2.75, 3.05) is 30.9 Å². The van der Waals surface area contributed by atoms with E-state index in [-0.39, 0.29) is 5.75 Å². The second kappa shape index (κ2) is 9.63. The summed E-state index contributed by atoms with van der Waals surface area (Å²) in [7, 11) is 3.79. The monoisotopic (exact) mass is 408 g/mol.